The van der Waals surface area contributed by atoms with Gasteiger partial charge in [-0.2, -0.15) is 0 Å². The lowest BCUT2D eigenvalue weighted by atomic mass is 9.98. The van der Waals surface area contributed by atoms with E-state index in [4.69, 9.17) is 5.73 Å². The third kappa shape index (κ3) is 2.85. The summed E-state index contributed by atoms with van der Waals surface area (Å²) in [5, 5.41) is 2.62. The number of alkyl halides is 3. The van der Waals surface area contributed by atoms with E-state index in [1.165, 1.54) is 12.1 Å². The largest absolute Gasteiger partial charge is 0.573 e. The van der Waals surface area contributed by atoms with Crippen molar-refractivity contribution < 1.29 is 22.7 Å². The Hall–Kier alpha value is -1.92. The van der Waals surface area contributed by atoms with Crippen molar-refractivity contribution in [3.05, 3.63) is 23.8 Å². The number of anilines is 1. The summed E-state index contributed by atoms with van der Waals surface area (Å²) in [7, 11) is 0. The lowest BCUT2D eigenvalue weighted by Gasteiger charge is -2.14. The molecule has 98 valence electrons. The summed E-state index contributed by atoms with van der Waals surface area (Å²) in [6.45, 7) is 0.411. The van der Waals surface area contributed by atoms with E-state index in [9.17, 15) is 18.0 Å². The average molecular weight is 260 g/mol. The van der Waals surface area contributed by atoms with E-state index in [2.05, 4.69) is 10.1 Å². The second-order valence-electron chi connectivity index (χ2n) is 4.05. The van der Waals surface area contributed by atoms with Crippen LogP contribution in [-0.2, 0) is 4.79 Å². The van der Waals surface area contributed by atoms with Crippen LogP contribution in [0, 0.1) is 0 Å². The maximum atomic E-state index is 12.1. The molecule has 7 heteroatoms. The highest BCUT2D eigenvalue weighted by Crippen LogP contribution is 2.33. The number of rotatable bonds is 2. The number of ether oxygens (including phenoxy) is 1. The number of nitrogens with two attached hydrogens (primary N) is 1. The molecule has 0 spiro atoms. The molecule has 1 aromatic rings. The number of carbonyl (C=O) groups excluding carboxylic acids is 1. The quantitative estimate of drug-likeness (QED) is 0.796. The Balaban J connectivity index is 2.23. The standard InChI is InChI=1S/C11H11F3N2O2/c12-11(13,14)18-9-3-6(1-2-8(9)15)7-4-10(17)16-5-7/h1-3,7H,4-5,15H2,(H,16,17). The monoisotopic (exact) mass is 260 g/mol. The van der Waals surface area contributed by atoms with Crippen LogP contribution in [0.15, 0.2) is 18.2 Å². The van der Waals surface area contributed by atoms with Crippen LogP contribution in [0.4, 0.5) is 18.9 Å². The molecule has 2 rings (SSSR count). The summed E-state index contributed by atoms with van der Waals surface area (Å²) < 4.78 is 40.3. The molecule has 0 bridgehead atoms. The fourth-order valence-corrected chi connectivity index (χ4v) is 1.86. The van der Waals surface area contributed by atoms with E-state index in [1.807, 2.05) is 0 Å². The van der Waals surface area contributed by atoms with E-state index in [1.54, 1.807) is 6.07 Å². The number of carbonyl (C=O) groups is 1. The predicted octanol–water partition coefficient (Wildman–Crippen LogP) is 1.77. The van der Waals surface area contributed by atoms with Crippen molar-refractivity contribution in [2.75, 3.05) is 12.3 Å². The molecule has 1 fully saturated rings. The van der Waals surface area contributed by atoms with Gasteiger partial charge in [0.25, 0.3) is 0 Å². The van der Waals surface area contributed by atoms with Gasteiger partial charge in [0.05, 0.1) is 5.69 Å². The Morgan fingerprint density at radius 3 is 2.67 bits per heavy atom. The van der Waals surface area contributed by atoms with Gasteiger partial charge in [0.1, 0.15) is 0 Å². The first-order valence-corrected chi connectivity index (χ1v) is 5.27. The van der Waals surface area contributed by atoms with E-state index in [0.717, 1.165) is 0 Å². The minimum absolute atomic E-state index is 0.0895. The zero-order valence-corrected chi connectivity index (χ0v) is 9.25. The van der Waals surface area contributed by atoms with Gasteiger partial charge in [0.2, 0.25) is 5.91 Å². The number of halogens is 3. The summed E-state index contributed by atoms with van der Waals surface area (Å²) >= 11 is 0. The van der Waals surface area contributed by atoms with E-state index in [-0.39, 0.29) is 23.9 Å². The zero-order chi connectivity index (χ0) is 13.3. The van der Waals surface area contributed by atoms with Gasteiger partial charge < -0.3 is 15.8 Å². The van der Waals surface area contributed by atoms with Crippen LogP contribution in [0.3, 0.4) is 0 Å². The van der Waals surface area contributed by atoms with Crippen molar-refractivity contribution in [1.29, 1.82) is 0 Å². The fraction of sp³-hybridized carbons (Fsp3) is 0.364. The van der Waals surface area contributed by atoms with Gasteiger partial charge in [0, 0.05) is 18.9 Å². The minimum Gasteiger partial charge on any atom is -0.404 e. The molecule has 3 N–H and O–H groups in total. The molecular formula is C11H11F3N2O2. The Bertz CT molecular complexity index is 474. The van der Waals surface area contributed by atoms with Gasteiger partial charge >= 0.3 is 6.36 Å². The molecule has 1 atom stereocenters. The number of nitrogens with one attached hydrogen (secondary N) is 1. The van der Waals surface area contributed by atoms with Crippen LogP contribution in [0.25, 0.3) is 0 Å². The summed E-state index contributed by atoms with van der Waals surface area (Å²) in [4.78, 5) is 11.1. The van der Waals surface area contributed by atoms with Crippen LogP contribution >= 0.6 is 0 Å². The molecule has 1 unspecified atom stereocenters. The number of amides is 1. The van der Waals surface area contributed by atoms with Crippen molar-refractivity contribution in [1.82, 2.24) is 5.32 Å². The summed E-state index contributed by atoms with van der Waals surface area (Å²) in [5.41, 5.74) is 5.92. The van der Waals surface area contributed by atoms with Gasteiger partial charge in [-0.15, -0.1) is 13.2 Å². The van der Waals surface area contributed by atoms with Crippen molar-refractivity contribution in [3.63, 3.8) is 0 Å². The van der Waals surface area contributed by atoms with E-state index in [0.29, 0.717) is 12.1 Å². The molecule has 1 aliphatic rings. The number of hydrogen-bond donors (Lipinski definition) is 2. The van der Waals surface area contributed by atoms with Crippen LogP contribution < -0.4 is 15.8 Å². The number of nitrogen functional groups attached to an aromatic ring is 1. The first-order chi connectivity index (χ1) is 8.35. The molecule has 1 heterocycles. The zero-order valence-electron chi connectivity index (χ0n) is 9.25. The summed E-state index contributed by atoms with van der Waals surface area (Å²) in [6, 6.07) is 4.18. The molecule has 0 radical (unpaired) electrons. The molecule has 1 amide bonds. The van der Waals surface area contributed by atoms with Crippen molar-refractivity contribution in [3.8, 4) is 5.75 Å². The Morgan fingerprint density at radius 2 is 2.11 bits per heavy atom. The van der Waals surface area contributed by atoms with Crippen molar-refractivity contribution in [2.24, 2.45) is 0 Å². The maximum Gasteiger partial charge on any atom is 0.573 e. The molecule has 0 aromatic heterocycles. The highest BCUT2D eigenvalue weighted by Gasteiger charge is 2.32. The first kappa shape index (κ1) is 12.5. The van der Waals surface area contributed by atoms with Crippen LogP contribution in [-0.4, -0.2) is 18.8 Å². The van der Waals surface area contributed by atoms with Crippen LogP contribution in [0.5, 0.6) is 5.75 Å². The maximum absolute atomic E-state index is 12.1. The van der Waals surface area contributed by atoms with Gasteiger partial charge in [-0.25, -0.2) is 0 Å². The van der Waals surface area contributed by atoms with Gasteiger partial charge in [0.15, 0.2) is 5.75 Å². The molecule has 1 saturated heterocycles. The van der Waals surface area contributed by atoms with Gasteiger partial charge in [-0.05, 0) is 17.7 Å². The third-order valence-corrected chi connectivity index (χ3v) is 2.71. The molecule has 0 aliphatic carbocycles. The highest BCUT2D eigenvalue weighted by molar-refractivity contribution is 5.79. The molecule has 1 aliphatic heterocycles. The Labute approximate surface area is 101 Å². The second-order valence-corrected chi connectivity index (χ2v) is 4.05. The normalized spacial score (nSPS) is 19.7. The minimum atomic E-state index is -4.78. The summed E-state index contributed by atoms with van der Waals surface area (Å²) in [5.74, 6) is -0.692. The average Bonchev–Trinajstić information content (AvgIpc) is 2.66. The molecule has 0 saturated carbocycles. The van der Waals surface area contributed by atoms with Crippen LogP contribution in [0.1, 0.15) is 17.9 Å². The smallest absolute Gasteiger partial charge is 0.404 e. The second kappa shape index (κ2) is 4.40. The Kier molecular flexibility index (Phi) is 3.06. The summed E-state index contributed by atoms with van der Waals surface area (Å²) in [6.07, 6.45) is -4.52. The van der Waals surface area contributed by atoms with Gasteiger partial charge in [-0.3, -0.25) is 4.79 Å². The topological polar surface area (TPSA) is 64.3 Å². The molecular weight excluding hydrogens is 249 g/mol. The van der Waals surface area contributed by atoms with E-state index >= 15 is 0 Å². The highest BCUT2D eigenvalue weighted by atomic mass is 19.4. The van der Waals surface area contributed by atoms with Crippen molar-refractivity contribution in [2.45, 2.75) is 18.7 Å². The molecule has 1 aromatic carbocycles. The van der Waals surface area contributed by atoms with Crippen molar-refractivity contribution >= 4 is 11.6 Å². The van der Waals surface area contributed by atoms with E-state index < -0.39 is 12.1 Å². The SMILES string of the molecule is Nc1ccc(C2CNC(=O)C2)cc1OC(F)(F)F. The fourth-order valence-electron chi connectivity index (χ4n) is 1.86. The Morgan fingerprint density at radius 1 is 1.39 bits per heavy atom. The number of hydrogen-bond acceptors (Lipinski definition) is 3. The molecule has 4 nitrogen and oxygen atoms in total. The molecule has 18 heavy (non-hydrogen) atoms. The lowest BCUT2D eigenvalue weighted by molar-refractivity contribution is -0.274. The predicted molar refractivity (Wildman–Crippen MR) is 57.9 cm³/mol. The lowest BCUT2D eigenvalue weighted by Crippen LogP contribution is -2.18. The first-order valence-electron chi connectivity index (χ1n) is 5.27. The van der Waals surface area contributed by atoms with Crippen LogP contribution in [0.2, 0.25) is 0 Å². The number of benzene rings is 1. The van der Waals surface area contributed by atoms with Gasteiger partial charge in [-0.1, -0.05) is 6.07 Å². The third-order valence-electron chi connectivity index (χ3n) is 2.71.